The first-order valence-electron chi connectivity index (χ1n) is 6.61. The Bertz CT molecular complexity index is 492. The van der Waals surface area contributed by atoms with Gasteiger partial charge in [0.15, 0.2) is 0 Å². The molecule has 2 nitrogen and oxygen atoms in total. The van der Waals surface area contributed by atoms with E-state index in [2.05, 4.69) is 5.32 Å². The van der Waals surface area contributed by atoms with Crippen molar-refractivity contribution < 1.29 is 13.2 Å². The second kappa shape index (κ2) is 4.13. The highest BCUT2D eigenvalue weighted by Gasteiger charge is 2.52. The van der Waals surface area contributed by atoms with Crippen molar-refractivity contribution in [3.8, 4) is 0 Å². The zero-order valence-electron chi connectivity index (χ0n) is 10.6. The van der Waals surface area contributed by atoms with E-state index in [1.54, 1.807) is 6.07 Å². The lowest BCUT2D eigenvalue weighted by atomic mass is 9.77. The van der Waals surface area contributed by atoms with E-state index in [-0.39, 0.29) is 11.3 Å². The topological polar surface area (TPSA) is 38.0 Å². The summed E-state index contributed by atoms with van der Waals surface area (Å²) in [5.74, 6) is 0.163. The Kier molecular flexibility index (Phi) is 2.78. The van der Waals surface area contributed by atoms with E-state index in [1.807, 2.05) is 0 Å². The molecule has 1 aliphatic carbocycles. The van der Waals surface area contributed by atoms with E-state index in [0.717, 1.165) is 43.1 Å². The van der Waals surface area contributed by atoms with Crippen molar-refractivity contribution >= 4 is 5.69 Å². The van der Waals surface area contributed by atoms with Gasteiger partial charge in [-0.05, 0) is 60.9 Å². The molecule has 1 heterocycles. The third-order valence-electron chi connectivity index (χ3n) is 4.47. The SMILES string of the molecule is NCCC1c2cc(C(F)(F)F)ccc2NCC12CC2. The van der Waals surface area contributed by atoms with Gasteiger partial charge in [0, 0.05) is 12.2 Å². The predicted octanol–water partition coefficient (Wildman–Crippen LogP) is 3.34. The molecule has 0 radical (unpaired) electrons. The van der Waals surface area contributed by atoms with Crippen molar-refractivity contribution in [2.24, 2.45) is 11.1 Å². The van der Waals surface area contributed by atoms with Crippen molar-refractivity contribution in [1.82, 2.24) is 0 Å². The van der Waals surface area contributed by atoms with Crippen molar-refractivity contribution in [3.63, 3.8) is 0 Å². The molecule has 104 valence electrons. The lowest BCUT2D eigenvalue weighted by Gasteiger charge is -2.35. The van der Waals surface area contributed by atoms with E-state index >= 15 is 0 Å². The number of benzene rings is 1. The molecule has 19 heavy (non-hydrogen) atoms. The molecule has 1 aliphatic heterocycles. The molecule has 2 aliphatic rings. The number of nitrogens with two attached hydrogens (primary N) is 1. The first kappa shape index (κ1) is 12.8. The van der Waals surface area contributed by atoms with Crippen molar-refractivity contribution in [2.45, 2.75) is 31.4 Å². The highest BCUT2D eigenvalue weighted by atomic mass is 19.4. The summed E-state index contributed by atoms with van der Waals surface area (Å²) >= 11 is 0. The van der Waals surface area contributed by atoms with Crippen LogP contribution in [0, 0.1) is 5.41 Å². The molecule has 0 bridgehead atoms. The number of rotatable bonds is 2. The Hall–Kier alpha value is -1.23. The van der Waals surface area contributed by atoms with Gasteiger partial charge in [-0.15, -0.1) is 0 Å². The van der Waals surface area contributed by atoms with Crippen LogP contribution in [-0.4, -0.2) is 13.1 Å². The Labute approximate surface area is 110 Å². The molecule has 3 N–H and O–H groups in total. The molecule has 1 unspecified atom stereocenters. The fourth-order valence-electron chi connectivity index (χ4n) is 3.23. The van der Waals surface area contributed by atoms with Gasteiger partial charge in [-0.1, -0.05) is 0 Å². The molecule has 1 fully saturated rings. The normalized spacial score (nSPS) is 23.9. The third kappa shape index (κ3) is 2.10. The quantitative estimate of drug-likeness (QED) is 0.865. The Morgan fingerprint density at radius 3 is 2.63 bits per heavy atom. The average Bonchev–Trinajstić information content (AvgIpc) is 3.12. The minimum atomic E-state index is -4.28. The summed E-state index contributed by atoms with van der Waals surface area (Å²) in [4.78, 5) is 0. The average molecular weight is 270 g/mol. The van der Waals surface area contributed by atoms with Crippen LogP contribution in [0.5, 0.6) is 0 Å². The summed E-state index contributed by atoms with van der Waals surface area (Å²) < 4.78 is 38.5. The number of anilines is 1. The van der Waals surface area contributed by atoms with Gasteiger partial charge >= 0.3 is 6.18 Å². The first-order valence-corrected chi connectivity index (χ1v) is 6.61. The summed E-state index contributed by atoms with van der Waals surface area (Å²) in [6.07, 6.45) is -1.35. The van der Waals surface area contributed by atoms with Gasteiger partial charge in [0.05, 0.1) is 5.56 Å². The van der Waals surface area contributed by atoms with Crippen molar-refractivity contribution in [1.29, 1.82) is 0 Å². The van der Waals surface area contributed by atoms with Crippen molar-refractivity contribution in [2.75, 3.05) is 18.4 Å². The summed E-state index contributed by atoms with van der Waals surface area (Å²) in [7, 11) is 0. The van der Waals surface area contributed by atoms with Crippen LogP contribution >= 0.6 is 0 Å². The zero-order valence-corrected chi connectivity index (χ0v) is 10.6. The smallest absolute Gasteiger partial charge is 0.384 e. The summed E-state index contributed by atoms with van der Waals surface area (Å²) in [5, 5.41) is 3.27. The summed E-state index contributed by atoms with van der Waals surface area (Å²) in [6, 6.07) is 4.01. The van der Waals surface area contributed by atoms with Crippen LogP contribution in [0.25, 0.3) is 0 Å². The molecule has 1 atom stereocenters. The second-order valence-corrected chi connectivity index (χ2v) is 5.65. The maximum Gasteiger partial charge on any atom is 0.416 e. The molecule has 0 amide bonds. The standard InChI is InChI=1S/C14H17F3N2/c15-14(16,17)9-1-2-12-10(7-9)11(3-6-18)13(4-5-13)8-19-12/h1-2,7,11,19H,3-6,8,18H2. The van der Waals surface area contributed by atoms with Crippen LogP contribution in [0.15, 0.2) is 18.2 Å². The molecule has 5 heteroatoms. The maximum absolute atomic E-state index is 12.8. The predicted molar refractivity (Wildman–Crippen MR) is 68.0 cm³/mol. The third-order valence-corrected chi connectivity index (χ3v) is 4.47. The van der Waals surface area contributed by atoms with Gasteiger partial charge in [-0.2, -0.15) is 13.2 Å². The minimum Gasteiger partial charge on any atom is -0.384 e. The monoisotopic (exact) mass is 270 g/mol. The van der Waals surface area contributed by atoms with E-state index in [1.165, 1.54) is 6.07 Å². The van der Waals surface area contributed by atoms with E-state index in [4.69, 9.17) is 5.73 Å². The zero-order chi connectivity index (χ0) is 13.7. The largest absolute Gasteiger partial charge is 0.416 e. The number of alkyl halides is 3. The molecule has 1 aromatic rings. The van der Waals surface area contributed by atoms with Gasteiger partial charge in [0.1, 0.15) is 0 Å². The number of hydrogen-bond donors (Lipinski definition) is 2. The Balaban J connectivity index is 2.03. The fraction of sp³-hybridized carbons (Fsp3) is 0.571. The summed E-state index contributed by atoms with van der Waals surface area (Å²) in [6.45, 7) is 1.37. The fourth-order valence-corrected chi connectivity index (χ4v) is 3.23. The molecule has 1 spiro atoms. The molecule has 3 rings (SSSR count). The summed E-state index contributed by atoms with van der Waals surface area (Å²) in [5.41, 5.74) is 6.87. The van der Waals surface area contributed by atoms with Crippen LogP contribution in [0.4, 0.5) is 18.9 Å². The molecular formula is C14H17F3N2. The number of fused-ring (bicyclic) bond motifs is 1. The first-order chi connectivity index (χ1) is 8.96. The van der Waals surface area contributed by atoms with E-state index in [0.29, 0.717) is 6.54 Å². The molecular weight excluding hydrogens is 253 g/mol. The highest BCUT2D eigenvalue weighted by Crippen LogP contribution is 2.60. The Morgan fingerprint density at radius 2 is 2.05 bits per heavy atom. The van der Waals surface area contributed by atoms with Crippen LogP contribution in [0.1, 0.15) is 36.3 Å². The van der Waals surface area contributed by atoms with E-state index < -0.39 is 11.7 Å². The van der Waals surface area contributed by atoms with Crippen molar-refractivity contribution in [3.05, 3.63) is 29.3 Å². The van der Waals surface area contributed by atoms with Crippen LogP contribution < -0.4 is 11.1 Å². The highest BCUT2D eigenvalue weighted by molar-refractivity contribution is 5.58. The van der Waals surface area contributed by atoms with Gasteiger partial charge in [-0.25, -0.2) is 0 Å². The lowest BCUT2D eigenvalue weighted by Crippen LogP contribution is -2.31. The van der Waals surface area contributed by atoms with Gasteiger partial charge in [0.2, 0.25) is 0 Å². The molecule has 1 aromatic carbocycles. The van der Waals surface area contributed by atoms with Crippen LogP contribution in [0.3, 0.4) is 0 Å². The molecule has 1 saturated carbocycles. The van der Waals surface area contributed by atoms with E-state index in [9.17, 15) is 13.2 Å². The maximum atomic E-state index is 12.8. The van der Waals surface area contributed by atoms with Crippen LogP contribution in [0.2, 0.25) is 0 Å². The number of halogens is 3. The Morgan fingerprint density at radius 1 is 1.32 bits per heavy atom. The van der Waals surface area contributed by atoms with Gasteiger partial charge < -0.3 is 11.1 Å². The van der Waals surface area contributed by atoms with Gasteiger partial charge in [-0.3, -0.25) is 0 Å². The molecule has 0 saturated heterocycles. The lowest BCUT2D eigenvalue weighted by molar-refractivity contribution is -0.137. The van der Waals surface area contributed by atoms with Gasteiger partial charge in [0.25, 0.3) is 0 Å². The molecule has 0 aromatic heterocycles. The number of hydrogen-bond acceptors (Lipinski definition) is 2. The van der Waals surface area contributed by atoms with Crippen LogP contribution in [-0.2, 0) is 6.18 Å². The number of nitrogens with one attached hydrogen (secondary N) is 1. The second-order valence-electron chi connectivity index (χ2n) is 5.65. The minimum absolute atomic E-state index is 0.149.